The Bertz CT molecular complexity index is 1280. The lowest BCUT2D eigenvalue weighted by molar-refractivity contribution is 0.111. The molecule has 0 aliphatic carbocycles. The van der Waals surface area contributed by atoms with E-state index in [0.29, 0.717) is 17.8 Å². The summed E-state index contributed by atoms with van der Waals surface area (Å²) in [7, 11) is 0. The molecule has 5 rings (SSSR count). The number of hydrogen-bond donors (Lipinski definition) is 0. The predicted molar refractivity (Wildman–Crippen MR) is 109 cm³/mol. The molecule has 6 heteroatoms. The standard InChI is InChI=1S/C22H13BrN4O/c23-18-5-6-20-17(7-18)12-26-11-16(15-3-1-14(9-24)2-4-15)8-21(26)22-25-10-19(13-28)27(20)22/h1-8,10-11,13H,12H2. The summed E-state index contributed by atoms with van der Waals surface area (Å²) in [6, 6.07) is 17.8. The lowest BCUT2D eigenvalue weighted by Gasteiger charge is -2.11. The smallest absolute Gasteiger partial charge is 0.168 e. The number of carbonyl (C=O) groups excluding carboxylic acids is 1. The summed E-state index contributed by atoms with van der Waals surface area (Å²) in [5, 5.41) is 9.02. The van der Waals surface area contributed by atoms with E-state index < -0.39 is 0 Å². The maximum Gasteiger partial charge on any atom is 0.168 e. The van der Waals surface area contributed by atoms with Gasteiger partial charge in [0, 0.05) is 22.8 Å². The van der Waals surface area contributed by atoms with Crippen LogP contribution in [0.5, 0.6) is 0 Å². The van der Waals surface area contributed by atoms with Crippen LogP contribution in [0, 0.1) is 11.3 Å². The Morgan fingerprint density at radius 1 is 1.11 bits per heavy atom. The van der Waals surface area contributed by atoms with Crippen molar-refractivity contribution in [2.45, 2.75) is 6.54 Å². The van der Waals surface area contributed by atoms with Gasteiger partial charge in [-0.3, -0.25) is 9.36 Å². The monoisotopic (exact) mass is 428 g/mol. The van der Waals surface area contributed by atoms with Crippen LogP contribution < -0.4 is 0 Å². The highest BCUT2D eigenvalue weighted by molar-refractivity contribution is 9.10. The van der Waals surface area contributed by atoms with Gasteiger partial charge in [0.2, 0.25) is 0 Å². The Morgan fingerprint density at radius 2 is 1.93 bits per heavy atom. The molecule has 134 valence electrons. The number of rotatable bonds is 2. The summed E-state index contributed by atoms with van der Waals surface area (Å²) >= 11 is 3.55. The molecule has 28 heavy (non-hydrogen) atoms. The van der Waals surface area contributed by atoms with Crippen molar-refractivity contribution in [1.29, 1.82) is 5.26 Å². The van der Waals surface area contributed by atoms with Crippen molar-refractivity contribution in [1.82, 2.24) is 14.1 Å². The van der Waals surface area contributed by atoms with E-state index in [2.05, 4.69) is 49.9 Å². The van der Waals surface area contributed by atoms with Gasteiger partial charge in [0.15, 0.2) is 12.1 Å². The molecule has 0 unspecified atom stereocenters. The van der Waals surface area contributed by atoms with Crippen molar-refractivity contribution in [2.24, 2.45) is 0 Å². The number of imidazole rings is 1. The Balaban J connectivity index is 1.73. The number of halogens is 1. The molecule has 0 fully saturated rings. The number of nitrogens with zero attached hydrogens (tertiary/aromatic N) is 4. The second-order valence-electron chi connectivity index (χ2n) is 6.66. The maximum absolute atomic E-state index is 11.6. The minimum absolute atomic E-state index is 0.521. The van der Waals surface area contributed by atoms with Crippen LogP contribution in [-0.2, 0) is 6.54 Å². The molecular weight excluding hydrogens is 416 g/mol. The van der Waals surface area contributed by atoms with Gasteiger partial charge in [0.05, 0.1) is 29.2 Å². The Kier molecular flexibility index (Phi) is 3.78. The average Bonchev–Trinajstić information content (AvgIpc) is 3.29. The highest BCUT2D eigenvalue weighted by Crippen LogP contribution is 2.35. The van der Waals surface area contributed by atoms with Gasteiger partial charge in [-0.15, -0.1) is 0 Å². The lowest BCUT2D eigenvalue weighted by atomic mass is 10.1. The van der Waals surface area contributed by atoms with Crippen molar-refractivity contribution in [3.05, 3.63) is 82.2 Å². The molecule has 1 aliphatic rings. The first kappa shape index (κ1) is 16.7. The molecule has 0 radical (unpaired) electrons. The van der Waals surface area contributed by atoms with Crippen molar-refractivity contribution >= 4 is 22.2 Å². The predicted octanol–water partition coefficient (Wildman–Crippen LogP) is 4.82. The highest BCUT2D eigenvalue weighted by atomic mass is 79.9. The van der Waals surface area contributed by atoms with Crippen LogP contribution in [0.2, 0.25) is 0 Å². The van der Waals surface area contributed by atoms with Crippen LogP contribution in [0.3, 0.4) is 0 Å². The Morgan fingerprint density at radius 3 is 2.68 bits per heavy atom. The van der Waals surface area contributed by atoms with E-state index in [4.69, 9.17) is 5.26 Å². The largest absolute Gasteiger partial charge is 0.340 e. The molecule has 3 heterocycles. The zero-order chi connectivity index (χ0) is 19.3. The Hall–Kier alpha value is -3.43. The molecule has 2 aromatic carbocycles. The van der Waals surface area contributed by atoms with Gasteiger partial charge in [-0.2, -0.15) is 5.26 Å². The summed E-state index contributed by atoms with van der Waals surface area (Å²) in [5.41, 5.74) is 6.23. The quantitative estimate of drug-likeness (QED) is 0.378. The van der Waals surface area contributed by atoms with E-state index in [0.717, 1.165) is 44.7 Å². The fourth-order valence-corrected chi connectivity index (χ4v) is 4.10. The molecule has 0 bridgehead atoms. The summed E-state index contributed by atoms with van der Waals surface area (Å²) < 4.78 is 5.05. The summed E-state index contributed by atoms with van der Waals surface area (Å²) in [6.07, 6.45) is 4.53. The van der Waals surface area contributed by atoms with Gasteiger partial charge in [-0.05, 0) is 47.5 Å². The summed E-state index contributed by atoms with van der Waals surface area (Å²) in [5.74, 6) is 0.739. The van der Waals surface area contributed by atoms with E-state index in [-0.39, 0.29) is 0 Å². The number of fused-ring (bicyclic) bond motifs is 5. The molecule has 4 aromatic rings. The normalized spacial score (nSPS) is 11.7. The van der Waals surface area contributed by atoms with Crippen LogP contribution in [-0.4, -0.2) is 20.4 Å². The second kappa shape index (κ2) is 6.32. The first-order valence-corrected chi connectivity index (χ1v) is 9.50. The van der Waals surface area contributed by atoms with Crippen LogP contribution >= 0.6 is 15.9 Å². The third-order valence-corrected chi connectivity index (χ3v) is 5.50. The van der Waals surface area contributed by atoms with E-state index in [9.17, 15) is 4.79 Å². The third-order valence-electron chi connectivity index (χ3n) is 5.01. The fraction of sp³-hybridized carbons (Fsp3) is 0.0455. The SMILES string of the molecule is N#Cc1ccc(-c2cc3n(c2)Cc2cc(Br)ccc2-n2c(C=O)cnc2-3)cc1. The molecular formula is C22H13BrN4O. The summed E-state index contributed by atoms with van der Waals surface area (Å²) in [6.45, 7) is 0.669. The maximum atomic E-state index is 11.6. The molecule has 5 nitrogen and oxygen atoms in total. The fourth-order valence-electron chi connectivity index (χ4n) is 3.69. The molecule has 0 atom stereocenters. The zero-order valence-corrected chi connectivity index (χ0v) is 16.2. The van der Waals surface area contributed by atoms with Gasteiger partial charge >= 0.3 is 0 Å². The number of aromatic nitrogens is 3. The minimum atomic E-state index is 0.521. The topological polar surface area (TPSA) is 63.6 Å². The van der Waals surface area contributed by atoms with Crippen molar-refractivity contribution in [2.75, 3.05) is 0 Å². The van der Waals surface area contributed by atoms with Crippen molar-refractivity contribution < 1.29 is 4.79 Å². The highest BCUT2D eigenvalue weighted by Gasteiger charge is 2.23. The molecule has 1 aliphatic heterocycles. The van der Waals surface area contributed by atoms with Crippen molar-refractivity contribution in [3.8, 4) is 34.4 Å². The van der Waals surface area contributed by atoms with E-state index in [1.807, 2.05) is 41.0 Å². The van der Waals surface area contributed by atoms with Gasteiger partial charge in [-0.1, -0.05) is 28.1 Å². The van der Waals surface area contributed by atoms with Crippen molar-refractivity contribution in [3.63, 3.8) is 0 Å². The Labute approximate surface area is 169 Å². The number of carbonyl (C=O) groups is 1. The van der Waals surface area contributed by atoms with Crippen LogP contribution in [0.25, 0.3) is 28.3 Å². The third kappa shape index (κ3) is 2.52. The van der Waals surface area contributed by atoms with Crippen LogP contribution in [0.4, 0.5) is 0 Å². The number of hydrogen-bond acceptors (Lipinski definition) is 3. The van der Waals surface area contributed by atoms with Gasteiger partial charge in [0.25, 0.3) is 0 Å². The van der Waals surface area contributed by atoms with Crippen LogP contribution in [0.15, 0.2) is 65.4 Å². The van der Waals surface area contributed by atoms with Gasteiger partial charge < -0.3 is 4.57 Å². The average molecular weight is 429 g/mol. The molecule has 0 spiro atoms. The number of nitriles is 1. The van der Waals surface area contributed by atoms with E-state index >= 15 is 0 Å². The number of benzene rings is 2. The first-order chi connectivity index (χ1) is 13.7. The number of aldehydes is 1. The first-order valence-electron chi connectivity index (χ1n) is 8.71. The molecule has 2 aromatic heterocycles. The molecule has 0 amide bonds. The minimum Gasteiger partial charge on any atom is -0.340 e. The van der Waals surface area contributed by atoms with Crippen LogP contribution in [0.1, 0.15) is 21.6 Å². The molecule has 0 saturated carbocycles. The molecule has 0 saturated heterocycles. The second-order valence-corrected chi connectivity index (χ2v) is 7.58. The van der Waals surface area contributed by atoms with Gasteiger partial charge in [-0.25, -0.2) is 4.98 Å². The lowest BCUT2D eigenvalue weighted by Crippen LogP contribution is -2.03. The zero-order valence-electron chi connectivity index (χ0n) is 14.6. The van der Waals surface area contributed by atoms with E-state index in [1.54, 1.807) is 6.20 Å². The van der Waals surface area contributed by atoms with E-state index in [1.165, 1.54) is 0 Å². The summed E-state index contributed by atoms with van der Waals surface area (Å²) in [4.78, 5) is 16.2. The molecule has 0 N–H and O–H groups in total. The van der Waals surface area contributed by atoms with Gasteiger partial charge in [0.1, 0.15) is 5.69 Å².